The second kappa shape index (κ2) is 6.40. The van der Waals surface area contributed by atoms with Crippen LogP contribution in [0.1, 0.15) is 43.1 Å². The predicted octanol–water partition coefficient (Wildman–Crippen LogP) is 2.82. The van der Waals surface area contributed by atoms with Gasteiger partial charge in [-0.15, -0.1) is 0 Å². The van der Waals surface area contributed by atoms with Crippen LogP contribution in [-0.4, -0.2) is 33.6 Å². The highest BCUT2D eigenvalue weighted by Crippen LogP contribution is 2.31. The summed E-state index contributed by atoms with van der Waals surface area (Å²) in [6.07, 6.45) is 1.23. The van der Waals surface area contributed by atoms with Crippen LogP contribution in [0, 0.1) is 13.8 Å². The lowest BCUT2D eigenvalue weighted by atomic mass is 10.2. The van der Waals surface area contributed by atoms with Gasteiger partial charge in [0.05, 0.1) is 6.04 Å². The van der Waals surface area contributed by atoms with E-state index in [0.717, 1.165) is 18.4 Å². The van der Waals surface area contributed by atoms with E-state index in [2.05, 4.69) is 10.1 Å². The second-order valence-corrected chi connectivity index (χ2v) is 5.94. The van der Waals surface area contributed by atoms with Crippen molar-refractivity contribution in [3.63, 3.8) is 0 Å². The van der Waals surface area contributed by atoms with Crippen molar-refractivity contribution in [1.29, 1.82) is 0 Å². The maximum atomic E-state index is 12.7. The maximum absolute atomic E-state index is 12.7. The van der Waals surface area contributed by atoms with Crippen LogP contribution in [0.15, 0.2) is 28.8 Å². The van der Waals surface area contributed by atoms with Gasteiger partial charge in [0, 0.05) is 13.5 Å². The van der Waals surface area contributed by atoms with E-state index in [0.29, 0.717) is 24.0 Å². The van der Waals surface area contributed by atoms with Gasteiger partial charge in [0.25, 0.3) is 5.91 Å². The van der Waals surface area contributed by atoms with Crippen molar-refractivity contribution in [2.24, 2.45) is 0 Å². The average Bonchev–Trinajstić information content (AvgIpc) is 3.14. The average molecular weight is 315 g/mol. The molecule has 0 spiro atoms. The molecule has 1 aromatic carbocycles. The van der Waals surface area contributed by atoms with Crippen LogP contribution in [0.3, 0.4) is 0 Å². The number of nitrogens with zero attached hydrogens (tertiary/aromatic N) is 3. The Morgan fingerprint density at radius 1 is 1.43 bits per heavy atom. The lowest BCUT2D eigenvalue weighted by molar-refractivity contribution is -0.139. The fourth-order valence-electron chi connectivity index (χ4n) is 2.93. The molecule has 2 heterocycles. The summed E-state index contributed by atoms with van der Waals surface area (Å²) in [5.74, 6) is 1.76. The molecule has 1 saturated heterocycles. The zero-order chi connectivity index (χ0) is 16.4. The van der Waals surface area contributed by atoms with Gasteiger partial charge in [-0.25, -0.2) is 0 Å². The summed E-state index contributed by atoms with van der Waals surface area (Å²) in [5.41, 5.74) is 1.10. The third-order valence-corrected chi connectivity index (χ3v) is 4.03. The van der Waals surface area contributed by atoms with Crippen LogP contribution in [0.25, 0.3) is 0 Å². The Hall–Kier alpha value is -2.37. The van der Waals surface area contributed by atoms with Gasteiger partial charge in [-0.05, 0) is 44.4 Å². The Kier molecular flexibility index (Phi) is 4.32. The molecule has 0 aliphatic carbocycles. The molecule has 1 aromatic heterocycles. The minimum atomic E-state index is -0.551. The molecule has 1 amide bonds. The van der Waals surface area contributed by atoms with Crippen molar-refractivity contribution >= 4 is 5.91 Å². The molecule has 1 aliphatic rings. The number of likely N-dealkylation sites (tertiary alicyclic amines) is 1. The highest BCUT2D eigenvalue weighted by Gasteiger charge is 2.35. The molecule has 1 fully saturated rings. The van der Waals surface area contributed by atoms with E-state index in [1.165, 1.54) is 0 Å². The first-order valence-corrected chi connectivity index (χ1v) is 7.88. The van der Waals surface area contributed by atoms with Crippen molar-refractivity contribution < 1.29 is 14.1 Å². The Balaban J connectivity index is 1.71. The molecular weight excluding hydrogens is 294 g/mol. The molecule has 0 saturated carbocycles. The van der Waals surface area contributed by atoms with Gasteiger partial charge in [0.2, 0.25) is 5.89 Å². The van der Waals surface area contributed by atoms with Gasteiger partial charge in [0.1, 0.15) is 5.75 Å². The molecule has 2 atom stereocenters. The van der Waals surface area contributed by atoms with Gasteiger partial charge in [-0.1, -0.05) is 17.3 Å². The first kappa shape index (κ1) is 15.5. The Labute approximate surface area is 135 Å². The fraction of sp³-hybridized carbons (Fsp3) is 0.471. The number of rotatable bonds is 4. The minimum absolute atomic E-state index is 0.0449. The van der Waals surface area contributed by atoms with E-state index in [-0.39, 0.29) is 11.9 Å². The molecule has 3 rings (SSSR count). The zero-order valence-electron chi connectivity index (χ0n) is 13.7. The predicted molar refractivity (Wildman–Crippen MR) is 84.0 cm³/mol. The Morgan fingerprint density at radius 2 is 2.26 bits per heavy atom. The van der Waals surface area contributed by atoms with Crippen molar-refractivity contribution in [1.82, 2.24) is 15.0 Å². The van der Waals surface area contributed by atoms with Gasteiger partial charge < -0.3 is 14.2 Å². The summed E-state index contributed by atoms with van der Waals surface area (Å²) in [6, 6.07) is 7.58. The summed E-state index contributed by atoms with van der Waals surface area (Å²) in [6.45, 7) is 6.22. The van der Waals surface area contributed by atoms with Crippen LogP contribution in [0.4, 0.5) is 0 Å². The number of hydrogen-bond acceptors (Lipinski definition) is 5. The van der Waals surface area contributed by atoms with E-state index in [1.807, 2.05) is 31.2 Å². The van der Waals surface area contributed by atoms with Crippen molar-refractivity contribution in [2.45, 2.75) is 45.8 Å². The fourth-order valence-corrected chi connectivity index (χ4v) is 2.93. The smallest absolute Gasteiger partial charge is 0.263 e. The molecule has 122 valence electrons. The molecule has 1 aliphatic heterocycles. The van der Waals surface area contributed by atoms with Crippen molar-refractivity contribution in [2.75, 3.05) is 6.54 Å². The molecule has 0 radical (unpaired) electrons. The lowest BCUT2D eigenvalue weighted by Gasteiger charge is -2.26. The molecule has 6 nitrogen and oxygen atoms in total. The van der Waals surface area contributed by atoms with E-state index >= 15 is 0 Å². The molecule has 6 heteroatoms. The largest absolute Gasteiger partial charge is 0.481 e. The second-order valence-electron chi connectivity index (χ2n) is 5.94. The van der Waals surface area contributed by atoms with Crippen LogP contribution < -0.4 is 4.74 Å². The number of hydrogen-bond donors (Lipinski definition) is 0. The minimum Gasteiger partial charge on any atom is -0.481 e. The number of benzene rings is 1. The van der Waals surface area contributed by atoms with Crippen molar-refractivity contribution in [3.8, 4) is 5.75 Å². The summed E-state index contributed by atoms with van der Waals surface area (Å²) in [5, 5.41) is 3.96. The highest BCUT2D eigenvalue weighted by molar-refractivity contribution is 5.81. The third kappa shape index (κ3) is 3.36. The van der Waals surface area contributed by atoms with Gasteiger partial charge in [0.15, 0.2) is 11.9 Å². The first-order valence-electron chi connectivity index (χ1n) is 7.88. The van der Waals surface area contributed by atoms with Crippen LogP contribution in [-0.2, 0) is 4.79 Å². The normalized spacial score (nSPS) is 18.9. The molecular formula is C17H21N3O3. The maximum Gasteiger partial charge on any atom is 0.263 e. The van der Waals surface area contributed by atoms with Gasteiger partial charge in [-0.3, -0.25) is 4.79 Å². The zero-order valence-corrected chi connectivity index (χ0v) is 13.7. The molecule has 23 heavy (non-hydrogen) atoms. The number of aryl methyl sites for hydroxylation is 2. The molecule has 0 bridgehead atoms. The molecule has 0 N–H and O–H groups in total. The SMILES string of the molecule is Cc1cccc(O[C@H](C)C(=O)N2CCC[C@H]2c2noc(C)n2)c1. The summed E-state index contributed by atoms with van der Waals surface area (Å²) in [4.78, 5) is 18.8. The van der Waals surface area contributed by atoms with Crippen LogP contribution in [0.2, 0.25) is 0 Å². The van der Waals surface area contributed by atoms with E-state index < -0.39 is 6.10 Å². The van der Waals surface area contributed by atoms with Gasteiger partial charge in [-0.2, -0.15) is 4.98 Å². The van der Waals surface area contributed by atoms with E-state index in [9.17, 15) is 4.79 Å². The lowest BCUT2D eigenvalue weighted by Crippen LogP contribution is -2.40. The number of carbonyl (C=O) groups excluding carboxylic acids is 1. The summed E-state index contributed by atoms with van der Waals surface area (Å²) in [7, 11) is 0. The first-order chi connectivity index (χ1) is 11.0. The molecule has 2 aromatic rings. The number of carbonyl (C=O) groups is 1. The molecule has 0 unspecified atom stereocenters. The van der Waals surface area contributed by atoms with Crippen molar-refractivity contribution in [3.05, 3.63) is 41.5 Å². The Morgan fingerprint density at radius 3 is 2.96 bits per heavy atom. The summed E-state index contributed by atoms with van der Waals surface area (Å²) >= 11 is 0. The van der Waals surface area contributed by atoms with Crippen LogP contribution >= 0.6 is 0 Å². The highest BCUT2D eigenvalue weighted by atomic mass is 16.5. The Bertz CT molecular complexity index is 698. The summed E-state index contributed by atoms with van der Waals surface area (Å²) < 4.78 is 10.8. The number of aromatic nitrogens is 2. The van der Waals surface area contributed by atoms with E-state index in [4.69, 9.17) is 9.26 Å². The monoisotopic (exact) mass is 315 g/mol. The number of ether oxygens (including phenoxy) is 1. The standard InChI is InChI=1S/C17H21N3O3/c1-11-6-4-7-14(10-11)22-12(2)17(21)20-9-5-8-15(20)16-18-13(3)23-19-16/h4,6-7,10,12,15H,5,8-9H2,1-3H3/t12-,15+/m1/s1. The third-order valence-electron chi connectivity index (χ3n) is 4.03. The van der Waals surface area contributed by atoms with Crippen LogP contribution in [0.5, 0.6) is 5.75 Å². The van der Waals surface area contributed by atoms with Gasteiger partial charge >= 0.3 is 0 Å². The quantitative estimate of drug-likeness (QED) is 0.868. The number of amides is 1. The topological polar surface area (TPSA) is 68.5 Å². The van der Waals surface area contributed by atoms with E-state index in [1.54, 1.807) is 18.7 Å².